The molecule has 2 aromatic rings. The highest BCUT2D eigenvalue weighted by Gasteiger charge is 2.03. The van der Waals surface area contributed by atoms with Crippen molar-refractivity contribution < 1.29 is 9.53 Å². The molecule has 116 valence electrons. The third-order valence-electron chi connectivity index (χ3n) is 2.66. The predicted molar refractivity (Wildman–Crippen MR) is 87.5 cm³/mol. The van der Waals surface area contributed by atoms with Gasteiger partial charge in [-0.15, -0.1) is 0 Å². The number of thioether (sulfide) groups is 1. The number of rotatable bonds is 6. The number of carbonyl (C=O) groups excluding carboxylic acids is 1. The molecule has 0 fully saturated rings. The van der Waals surface area contributed by atoms with Crippen LogP contribution < -0.4 is 15.4 Å². The molecule has 2 amide bonds. The third kappa shape index (κ3) is 5.25. The SMILES string of the molecule is CSc1nc(C)cc(OCCNC(=O)Nc2ccccc2)n1. The molecule has 0 aliphatic rings. The summed E-state index contributed by atoms with van der Waals surface area (Å²) in [6.45, 7) is 2.61. The highest BCUT2D eigenvalue weighted by atomic mass is 32.2. The van der Waals surface area contributed by atoms with E-state index in [2.05, 4.69) is 20.6 Å². The first-order valence-electron chi connectivity index (χ1n) is 6.80. The highest BCUT2D eigenvalue weighted by Crippen LogP contribution is 2.15. The predicted octanol–water partition coefficient (Wildman–Crippen LogP) is 2.71. The minimum Gasteiger partial charge on any atom is -0.476 e. The normalized spacial score (nSPS) is 10.1. The van der Waals surface area contributed by atoms with Crippen LogP contribution in [0.25, 0.3) is 0 Å². The molecule has 1 heterocycles. The third-order valence-corrected chi connectivity index (χ3v) is 3.21. The second-order valence-corrected chi connectivity index (χ2v) is 5.20. The van der Waals surface area contributed by atoms with Gasteiger partial charge in [0.15, 0.2) is 5.16 Å². The van der Waals surface area contributed by atoms with Crippen LogP contribution in [-0.4, -0.2) is 35.4 Å². The Morgan fingerprint density at radius 2 is 2.05 bits per heavy atom. The average Bonchev–Trinajstić information content (AvgIpc) is 2.52. The standard InChI is InChI=1S/C15H18N4O2S/c1-11-10-13(19-15(17-11)22-2)21-9-8-16-14(20)18-12-6-4-3-5-7-12/h3-7,10H,8-9H2,1-2H3,(H2,16,18,20). The number of para-hydroxylation sites is 1. The zero-order chi connectivity index (χ0) is 15.8. The van der Waals surface area contributed by atoms with Crippen molar-refractivity contribution in [2.75, 3.05) is 24.7 Å². The topological polar surface area (TPSA) is 76.1 Å². The Morgan fingerprint density at radius 3 is 2.77 bits per heavy atom. The second kappa shape index (κ2) is 8.23. The van der Waals surface area contributed by atoms with Gasteiger partial charge < -0.3 is 15.4 Å². The van der Waals surface area contributed by atoms with E-state index in [4.69, 9.17) is 4.74 Å². The molecule has 0 spiro atoms. The molecule has 0 saturated heterocycles. The van der Waals surface area contributed by atoms with E-state index in [1.54, 1.807) is 6.07 Å². The first-order valence-corrected chi connectivity index (χ1v) is 8.02. The highest BCUT2D eigenvalue weighted by molar-refractivity contribution is 7.98. The maximum atomic E-state index is 11.7. The van der Waals surface area contributed by atoms with Gasteiger partial charge in [0.2, 0.25) is 5.88 Å². The molecule has 0 radical (unpaired) electrons. The van der Waals surface area contributed by atoms with Crippen molar-refractivity contribution in [1.82, 2.24) is 15.3 Å². The number of ether oxygens (including phenoxy) is 1. The molecule has 2 rings (SSSR count). The van der Waals surface area contributed by atoms with Crippen molar-refractivity contribution in [3.05, 3.63) is 42.1 Å². The minimum atomic E-state index is -0.265. The van der Waals surface area contributed by atoms with Crippen molar-refractivity contribution in [3.8, 4) is 5.88 Å². The summed E-state index contributed by atoms with van der Waals surface area (Å²) in [4.78, 5) is 20.2. The summed E-state index contributed by atoms with van der Waals surface area (Å²) in [5, 5.41) is 6.13. The molecule has 0 aliphatic carbocycles. The zero-order valence-electron chi connectivity index (χ0n) is 12.5. The molecule has 0 aliphatic heterocycles. The number of aryl methyl sites for hydroxylation is 1. The lowest BCUT2D eigenvalue weighted by Gasteiger charge is -2.09. The van der Waals surface area contributed by atoms with Crippen LogP contribution in [0.1, 0.15) is 5.69 Å². The molecular formula is C15H18N4O2S. The van der Waals surface area contributed by atoms with Crippen LogP contribution in [0.4, 0.5) is 10.5 Å². The number of nitrogens with one attached hydrogen (secondary N) is 2. The summed E-state index contributed by atoms with van der Waals surface area (Å²) in [6, 6.07) is 10.8. The molecule has 0 saturated carbocycles. The fourth-order valence-corrected chi connectivity index (χ4v) is 2.11. The van der Waals surface area contributed by atoms with E-state index in [1.165, 1.54) is 11.8 Å². The van der Waals surface area contributed by atoms with Crippen LogP contribution >= 0.6 is 11.8 Å². The van der Waals surface area contributed by atoms with E-state index in [9.17, 15) is 4.79 Å². The maximum Gasteiger partial charge on any atom is 0.319 e. The summed E-state index contributed by atoms with van der Waals surface area (Å²) >= 11 is 1.46. The van der Waals surface area contributed by atoms with Gasteiger partial charge in [0.05, 0.1) is 6.54 Å². The number of benzene rings is 1. The lowest BCUT2D eigenvalue weighted by molar-refractivity contribution is 0.246. The van der Waals surface area contributed by atoms with E-state index in [-0.39, 0.29) is 6.03 Å². The number of hydrogen-bond acceptors (Lipinski definition) is 5. The van der Waals surface area contributed by atoms with Crippen molar-refractivity contribution in [3.63, 3.8) is 0 Å². The number of urea groups is 1. The monoisotopic (exact) mass is 318 g/mol. The van der Waals surface area contributed by atoms with Crippen LogP contribution in [0.5, 0.6) is 5.88 Å². The molecule has 0 atom stereocenters. The Bertz CT molecular complexity index is 622. The fraction of sp³-hybridized carbons (Fsp3) is 0.267. The first kappa shape index (κ1) is 16.1. The molecule has 22 heavy (non-hydrogen) atoms. The van der Waals surface area contributed by atoms with Crippen molar-refractivity contribution >= 4 is 23.5 Å². The summed E-state index contributed by atoms with van der Waals surface area (Å²) < 4.78 is 5.52. The van der Waals surface area contributed by atoms with Gasteiger partial charge >= 0.3 is 6.03 Å². The Kier molecular flexibility index (Phi) is 6.02. The van der Waals surface area contributed by atoms with Crippen LogP contribution in [0.15, 0.2) is 41.6 Å². The van der Waals surface area contributed by atoms with E-state index in [0.717, 1.165) is 11.4 Å². The summed E-state index contributed by atoms with van der Waals surface area (Å²) in [6.07, 6.45) is 1.91. The van der Waals surface area contributed by atoms with Crippen LogP contribution in [0.3, 0.4) is 0 Å². The van der Waals surface area contributed by atoms with E-state index in [1.807, 2.05) is 43.5 Å². The number of carbonyl (C=O) groups is 1. The number of nitrogens with zero attached hydrogens (tertiary/aromatic N) is 2. The zero-order valence-corrected chi connectivity index (χ0v) is 13.3. The molecule has 0 bridgehead atoms. The maximum absolute atomic E-state index is 11.7. The van der Waals surface area contributed by atoms with Gasteiger partial charge in [0.1, 0.15) is 6.61 Å². The average molecular weight is 318 g/mol. The van der Waals surface area contributed by atoms with Crippen LogP contribution in [0.2, 0.25) is 0 Å². The Morgan fingerprint density at radius 1 is 1.27 bits per heavy atom. The molecule has 1 aromatic heterocycles. The lowest BCUT2D eigenvalue weighted by atomic mass is 10.3. The first-order chi connectivity index (χ1) is 10.7. The molecule has 0 unspecified atom stereocenters. The lowest BCUT2D eigenvalue weighted by Crippen LogP contribution is -2.32. The smallest absolute Gasteiger partial charge is 0.319 e. The van der Waals surface area contributed by atoms with Crippen molar-refractivity contribution in [2.45, 2.75) is 12.1 Å². The van der Waals surface area contributed by atoms with E-state index >= 15 is 0 Å². The summed E-state index contributed by atoms with van der Waals surface area (Å²) in [7, 11) is 0. The number of aromatic nitrogens is 2. The Labute approximate surface area is 133 Å². The van der Waals surface area contributed by atoms with Gasteiger partial charge in [0.25, 0.3) is 0 Å². The van der Waals surface area contributed by atoms with Crippen LogP contribution in [-0.2, 0) is 0 Å². The van der Waals surface area contributed by atoms with Gasteiger partial charge in [-0.1, -0.05) is 30.0 Å². The minimum absolute atomic E-state index is 0.265. The van der Waals surface area contributed by atoms with Gasteiger partial charge in [-0.2, -0.15) is 4.98 Å². The number of amides is 2. The second-order valence-electron chi connectivity index (χ2n) is 4.43. The molecule has 2 N–H and O–H groups in total. The van der Waals surface area contributed by atoms with Gasteiger partial charge in [-0.25, -0.2) is 9.78 Å². The summed E-state index contributed by atoms with van der Waals surface area (Å²) in [5.41, 5.74) is 1.60. The van der Waals surface area contributed by atoms with Crippen molar-refractivity contribution in [1.29, 1.82) is 0 Å². The largest absolute Gasteiger partial charge is 0.476 e. The van der Waals surface area contributed by atoms with Crippen molar-refractivity contribution in [2.24, 2.45) is 0 Å². The Hall–Kier alpha value is -2.28. The molecule has 7 heteroatoms. The number of hydrogen-bond donors (Lipinski definition) is 2. The Balaban J connectivity index is 1.73. The van der Waals surface area contributed by atoms with E-state index < -0.39 is 0 Å². The molecular weight excluding hydrogens is 300 g/mol. The van der Waals surface area contributed by atoms with Gasteiger partial charge in [0, 0.05) is 17.4 Å². The quantitative estimate of drug-likeness (QED) is 0.486. The van der Waals surface area contributed by atoms with Crippen LogP contribution in [0, 0.1) is 6.92 Å². The molecule has 1 aromatic carbocycles. The fourth-order valence-electron chi connectivity index (χ4n) is 1.70. The van der Waals surface area contributed by atoms with E-state index in [0.29, 0.717) is 24.2 Å². The van der Waals surface area contributed by atoms with Gasteiger partial charge in [-0.05, 0) is 25.3 Å². The summed E-state index contributed by atoms with van der Waals surface area (Å²) in [5.74, 6) is 0.516. The van der Waals surface area contributed by atoms with Gasteiger partial charge in [-0.3, -0.25) is 0 Å². The number of anilines is 1. The molecule has 6 nitrogen and oxygen atoms in total.